The van der Waals surface area contributed by atoms with E-state index in [4.69, 9.17) is 4.74 Å². The number of allylic oxidation sites excluding steroid dienone is 2. The zero-order valence-corrected chi connectivity index (χ0v) is 22.1. The van der Waals surface area contributed by atoms with E-state index in [1.807, 2.05) is 48.5 Å². The van der Waals surface area contributed by atoms with Crippen LogP contribution in [0.5, 0.6) is 5.75 Å². The van der Waals surface area contributed by atoms with Crippen LogP contribution in [0.1, 0.15) is 90.0 Å². The van der Waals surface area contributed by atoms with Crippen molar-refractivity contribution in [2.75, 3.05) is 6.61 Å². The molecule has 2 aromatic rings. The van der Waals surface area contributed by atoms with E-state index in [1.54, 1.807) is 0 Å². The van der Waals surface area contributed by atoms with Crippen LogP contribution in [0.2, 0.25) is 0 Å². The SMILES string of the molecule is CCC/C=C/C1CCC(C(=O)O)(c2ccc(-c3ccc(OCC(F)CCCCCC)cc3)cc2)CC1. The predicted molar refractivity (Wildman–Crippen MR) is 146 cm³/mol. The van der Waals surface area contributed by atoms with E-state index in [0.29, 0.717) is 30.9 Å². The van der Waals surface area contributed by atoms with Gasteiger partial charge in [-0.05, 0) is 73.3 Å². The first-order valence-electron chi connectivity index (χ1n) is 13.9. The summed E-state index contributed by atoms with van der Waals surface area (Å²) in [5.41, 5.74) is 2.15. The summed E-state index contributed by atoms with van der Waals surface area (Å²) in [6.45, 7) is 4.41. The third-order valence-corrected chi connectivity index (χ3v) is 7.58. The van der Waals surface area contributed by atoms with Crippen molar-refractivity contribution in [3.63, 3.8) is 0 Å². The fourth-order valence-electron chi connectivity index (χ4n) is 5.19. The molecule has 3 rings (SSSR count). The maximum absolute atomic E-state index is 14.1. The smallest absolute Gasteiger partial charge is 0.314 e. The van der Waals surface area contributed by atoms with E-state index >= 15 is 0 Å². The van der Waals surface area contributed by atoms with Gasteiger partial charge >= 0.3 is 5.97 Å². The lowest BCUT2D eigenvalue weighted by Gasteiger charge is -2.36. The molecule has 1 aliphatic rings. The Hall–Kier alpha value is -2.62. The fraction of sp³-hybridized carbons (Fsp3) is 0.531. The minimum Gasteiger partial charge on any atom is -0.491 e. The number of unbranched alkanes of at least 4 members (excludes halogenated alkanes) is 4. The van der Waals surface area contributed by atoms with Crippen molar-refractivity contribution in [1.82, 2.24) is 0 Å². The van der Waals surface area contributed by atoms with Crippen molar-refractivity contribution in [2.45, 2.75) is 96.1 Å². The summed E-state index contributed by atoms with van der Waals surface area (Å²) in [5, 5.41) is 10.2. The van der Waals surface area contributed by atoms with Gasteiger partial charge in [-0.2, -0.15) is 0 Å². The Kier molecular flexibility index (Phi) is 11.0. The van der Waals surface area contributed by atoms with E-state index in [1.165, 1.54) is 0 Å². The van der Waals surface area contributed by atoms with Gasteiger partial charge < -0.3 is 9.84 Å². The Morgan fingerprint density at radius 1 is 1.00 bits per heavy atom. The highest BCUT2D eigenvalue weighted by Gasteiger charge is 2.43. The summed E-state index contributed by atoms with van der Waals surface area (Å²) < 4.78 is 19.7. The zero-order chi connectivity index (χ0) is 25.8. The molecule has 0 radical (unpaired) electrons. The van der Waals surface area contributed by atoms with E-state index < -0.39 is 17.6 Å². The van der Waals surface area contributed by atoms with Gasteiger partial charge in [0.05, 0.1) is 5.41 Å². The molecular weight excluding hydrogens is 451 g/mol. The largest absolute Gasteiger partial charge is 0.491 e. The normalized spacial score (nSPS) is 20.9. The van der Waals surface area contributed by atoms with E-state index in [2.05, 4.69) is 26.0 Å². The van der Waals surface area contributed by atoms with E-state index in [0.717, 1.165) is 68.1 Å². The third kappa shape index (κ3) is 7.69. The number of aliphatic carboxylic acids is 1. The molecule has 1 fully saturated rings. The molecule has 1 aliphatic carbocycles. The van der Waals surface area contributed by atoms with Crippen molar-refractivity contribution in [2.24, 2.45) is 5.92 Å². The number of alkyl halides is 1. The number of carbonyl (C=O) groups is 1. The van der Waals surface area contributed by atoms with Gasteiger partial charge in [0.25, 0.3) is 0 Å². The summed E-state index contributed by atoms with van der Waals surface area (Å²) in [6, 6.07) is 15.7. The molecule has 1 saturated carbocycles. The fourth-order valence-corrected chi connectivity index (χ4v) is 5.19. The first-order chi connectivity index (χ1) is 17.5. The molecule has 0 amide bonds. The number of hydrogen-bond donors (Lipinski definition) is 1. The molecule has 4 heteroatoms. The Morgan fingerprint density at radius 3 is 2.22 bits per heavy atom. The molecule has 1 unspecified atom stereocenters. The molecule has 1 atom stereocenters. The standard InChI is InChI=1S/C32H43FO3/c1-3-5-7-9-11-29(33)24-36-30-18-14-27(15-19-30)26-12-16-28(17-13-26)32(31(34)35)22-20-25(21-23-32)10-8-6-4-2/h8,10,12-19,25,29H,3-7,9,11,20-24H2,1-2H3,(H,34,35)/b10-8+. The number of ether oxygens (including phenoxy) is 1. The number of halogens is 1. The lowest BCUT2D eigenvalue weighted by molar-refractivity contribution is -0.145. The number of rotatable bonds is 14. The van der Waals surface area contributed by atoms with Gasteiger partial charge in [0.15, 0.2) is 0 Å². The first-order valence-corrected chi connectivity index (χ1v) is 13.9. The van der Waals surface area contributed by atoms with Crippen molar-refractivity contribution < 1.29 is 19.0 Å². The Balaban J connectivity index is 1.58. The number of carboxylic acid groups (broad SMARTS) is 1. The predicted octanol–water partition coefficient (Wildman–Crippen LogP) is 8.91. The number of hydrogen-bond acceptors (Lipinski definition) is 2. The van der Waals surface area contributed by atoms with Crippen molar-refractivity contribution >= 4 is 5.97 Å². The van der Waals surface area contributed by atoms with Crippen molar-refractivity contribution in [3.8, 4) is 16.9 Å². The number of benzene rings is 2. The van der Waals surface area contributed by atoms with Gasteiger partial charge in [0.1, 0.15) is 18.5 Å². The van der Waals surface area contributed by atoms with E-state index in [9.17, 15) is 14.3 Å². The molecule has 196 valence electrons. The van der Waals surface area contributed by atoms with Crippen LogP contribution >= 0.6 is 0 Å². The van der Waals surface area contributed by atoms with Crippen LogP contribution in [0, 0.1) is 5.92 Å². The van der Waals surface area contributed by atoms with Crippen LogP contribution in [0.15, 0.2) is 60.7 Å². The topological polar surface area (TPSA) is 46.5 Å². The summed E-state index contributed by atoms with van der Waals surface area (Å²) >= 11 is 0. The van der Waals surface area contributed by atoms with Crippen molar-refractivity contribution in [3.05, 3.63) is 66.2 Å². The Morgan fingerprint density at radius 2 is 1.64 bits per heavy atom. The van der Waals surface area contributed by atoms with Crippen LogP contribution in [-0.4, -0.2) is 23.9 Å². The van der Waals surface area contributed by atoms with Gasteiger partial charge in [0, 0.05) is 0 Å². The molecule has 3 nitrogen and oxygen atoms in total. The zero-order valence-electron chi connectivity index (χ0n) is 22.1. The summed E-state index contributed by atoms with van der Waals surface area (Å²) in [6.07, 6.45) is 13.8. The summed E-state index contributed by atoms with van der Waals surface area (Å²) in [7, 11) is 0. The van der Waals surface area contributed by atoms with E-state index in [-0.39, 0.29) is 6.61 Å². The van der Waals surface area contributed by atoms with Gasteiger partial charge in [-0.3, -0.25) is 4.79 Å². The molecule has 0 aromatic heterocycles. The van der Waals surface area contributed by atoms with Crippen LogP contribution < -0.4 is 4.74 Å². The highest BCUT2D eigenvalue weighted by atomic mass is 19.1. The van der Waals surface area contributed by atoms with Crippen LogP contribution in [0.3, 0.4) is 0 Å². The Bertz CT molecular complexity index is 940. The molecule has 1 N–H and O–H groups in total. The molecular formula is C32H43FO3. The number of carboxylic acids is 1. The van der Waals surface area contributed by atoms with Gasteiger partial charge in [-0.1, -0.05) is 94.5 Å². The van der Waals surface area contributed by atoms with Crippen LogP contribution in [0.4, 0.5) is 4.39 Å². The molecule has 0 bridgehead atoms. The second kappa shape index (κ2) is 14.2. The Labute approximate surface area is 216 Å². The molecule has 0 saturated heterocycles. The maximum atomic E-state index is 14.1. The maximum Gasteiger partial charge on any atom is 0.314 e. The monoisotopic (exact) mass is 494 g/mol. The molecule has 36 heavy (non-hydrogen) atoms. The first kappa shape index (κ1) is 28.0. The highest BCUT2D eigenvalue weighted by Crippen LogP contribution is 2.43. The second-order valence-corrected chi connectivity index (χ2v) is 10.3. The molecule has 0 heterocycles. The van der Waals surface area contributed by atoms with Crippen molar-refractivity contribution in [1.29, 1.82) is 0 Å². The minimum atomic E-state index is -0.932. The average molecular weight is 495 g/mol. The van der Waals surface area contributed by atoms with Gasteiger partial charge in [-0.25, -0.2) is 4.39 Å². The summed E-state index contributed by atoms with van der Waals surface area (Å²) in [5.74, 6) is 0.434. The second-order valence-electron chi connectivity index (χ2n) is 10.3. The van der Waals surface area contributed by atoms with Crippen LogP contribution in [-0.2, 0) is 10.2 Å². The lowest BCUT2D eigenvalue weighted by atomic mass is 9.66. The molecule has 0 spiro atoms. The van der Waals surface area contributed by atoms with Gasteiger partial charge in [-0.15, -0.1) is 0 Å². The third-order valence-electron chi connectivity index (χ3n) is 7.58. The lowest BCUT2D eigenvalue weighted by Crippen LogP contribution is -2.39. The summed E-state index contributed by atoms with van der Waals surface area (Å²) in [4.78, 5) is 12.4. The van der Waals surface area contributed by atoms with Gasteiger partial charge in [0.2, 0.25) is 0 Å². The average Bonchev–Trinajstić information content (AvgIpc) is 2.91. The minimum absolute atomic E-state index is 0.0900. The molecule has 2 aromatic carbocycles. The van der Waals surface area contributed by atoms with Crippen LogP contribution in [0.25, 0.3) is 11.1 Å². The molecule has 0 aliphatic heterocycles. The quantitative estimate of drug-likeness (QED) is 0.211. The highest BCUT2D eigenvalue weighted by molar-refractivity contribution is 5.82.